The molecule has 15 heavy (non-hydrogen) atoms. The van der Waals surface area contributed by atoms with Crippen LogP contribution in [0.3, 0.4) is 0 Å². The van der Waals surface area contributed by atoms with Crippen LogP contribution in [0.1, 0.15) is 40.0 Å². The van der Waals surface area contributed by atoms with E-state index in [1.165, 1.54) is 13.0 Å². The zero-order chi connectivity index (χ0) is 11.5. The van der Waals surface area contributed by atoms with Gasteiger partial charge in [0.25, 0.3) is 0 Å². The minimum absolute atomic E-state index is 0.112. The summed E-state index contributed by atoms with van der Waals surface area (Å²) >= 11 is 5.14. The summed E-state index contributed by atoms with van der Waals surface area (Å²) in [4.78, 5) is 3.25. The van der Waals surface area contributed by atoms with Crippen LogP contribution in [-0.4, -0.2) is 29.5 Å². The van der Waals surface area contributed by atoms with Crippen molar-refractivity contribution >= 4 is 17.2 Å². The first kappa shape index (κ1) is 12.9. The zero-order valence-corrected chi connectivity index (χ0v) is 11.1. The van der Waals surface area contributed by atoms with Crippen molar-refractivity contribution in [3.63, 3.8) is 0 Å². The van der Waals surface area contributed by atoms with Crippen molar-refractivity contribution in [2.45, 2.75) is 40.0 Å². The average molecular weight is 228 g/mol. The smallest absolute Gasteiger partial charge is 0.0788 e. The molecule has 88 valence electrons. The second kappa shape index (κ2) is 5.26. The third kappa shape index (κ3) is 3.42. The van der Waals surface area contributed by atoms with Gasteiger partial charge in [0, 0.05) is 12.0 Å². The third-order valence-electron chi connectivity index (χ3n) is 3.82. The van der Waals surface area contributed by atoms with E-state index >= 15 is 0 Å². The molecule has 0 aliphatic carbocycles. The predicted octanol–water partition coefficient (Wildman–Crippen LogP) is 2.42. The lowest BCUT2D eigenvalue weighted by atomic mass is 9.80. The summed E-state index contributed by atoms with van der Waals surface area (Å²) in [5, 5.41) is 0. The van der Waals surface area contributed by atoms with Gasteiger partial charge in [-0.05, 0) is 31.8 Å². The Kier molecular flexibility index (Phi) is 4.53. The summed E-state index contributed by atoms with van der Waals surface area (Å²) in [7, 11) is 0. The molecule has 0 saturated carbocycles. The van der Waals surface area contributed by atoms with E-state index in [4.69, 9.17) is 18.0 Å². The summed E-state index contributed by atoms with van der Waals surface area (Å²) in [6.07, 6.45) is 3.51. The molecule has 0 aromatic carbocycles. The summed E-state index contributed by atoms with van der Waals surface area (Å²) in [6.45, 7) is 10.3. The first-order valence-electron chi connectivity index (χ1n) is 6.00. The van der Waals surface area contributed by atoms with Crippen molar-refractivity contribution in [2.75, 3.05) is 19.6 Å². The van der Waals surface area contributed by atoms with Crippen LogP contribution in [0.5, 0.6) is 0 Å². The highest BCUT2D eigenvalue weighted by atomic mass is 32.1. The first-order valence-corrected chi connectivity index (χ1v) is 6.41. The van der Waals surface area contributed by atoms with E-state index in [-0.39, 0.29) is 5.41 Å². The van der Waals surface area contributed by atoms with Crippen molar-refractivity contribution in [2.24, 2.45) is 17.1 Å². The van der Waals surface area contributed by atoms with Crippen LogP contribution in [0.4, 0.5) is 0 Å². The molecule has 0 radical (unpaired) electrons. The Labute approximate surface area is 99.2 Å². The molecule has 1 atom stereocenters. The molecule has 0 amide bonds. The van der Waals surface area contributed by atoms with Gasteiger partial charge in [-0.2, -0.15) is 0 Å². The van der Waals surface area contributed by atoms with Crippen LogP contribution in [0.25, 0.3) is 0 Å². The van der Waals surface area contributed by atoms with Crippen molar-refractivity contribution in [1.82, 2.24) is 4.90 Å². The zero-order valence-electron chi connectivity index (χ0n) is 10.3. The topological polar surface area (TPSA) is 29.3 Å². The Bertz CT molecular complexity index is 220. The maximum atomic E-state index is 5.79. The van der Waals surface area contributed by atoms with Gasteiger partial charge in [0.1, 0.15) is 0 Å². The number of hydrogen-bond acceptors (Lipinski definition) is 2. The maximum Gasteiger partial charge on any atom is 0.0788 e. The number of nitrogens with two attached hydrogens (primary N) is 1. The van der Waals surface area contributed by atoms with Gasteiger partial charge in [0.2, 0.25) is 0 Å². The number of thiocarbonyl (C=S) groups is 1. The molecular weight excluding hydrogens is 204 g/mol. The van der Waals surface area contributed by atoms with E-state index in [1.807, 2.05) is 0 Å². The fourth-order valence-corrected chi connectivity index (χ4v) is 2.25. The molecule has 3 heteroatoms. The highest BCUT2D eigenvalue weighted by Gasteiger charge is 2.32. The van der Waals surface area contributed by atoms with Crippen LogP contribution in [-0.2, 0) is 0 Å². The van der Waals surface area contributed by atoms with Gasteiger partial charge in [0.05, 0.1) is 4.99 Å². The lowest BCUT2D eigenvalue weighted by molar-refractivity contribution is 0.146. The lowest BCUT2D eigenvalue weighted by Gasteiger charge is -2.39. The molecule has 2 nitrogen and oxygen atoms in total. The standard InChI is InChI=1S/C12H24N2S/c1-4-10(2)9-14-7-5-12(3,6-8-14)11(13)15/h10H,4-9H2,1-3H3,(H2,13,15). The fraction of sp³-hybridized carbons (Fsp3) is 0.917. The Balaban J connectivity index is 2.39. The number of rotatable bonds is 4. The van der Waals surface area contributed by atoms with Gasteiger partial charge in [-0.1, -0.05) is 39.4 Å². The van der Waals surface area contributed by atoms with Crippen LogP contribution in [0.2, 0.25) is 0 Å². The molecule has 1 aliphatic rings. The van der Waals surface area contributed by atoms with E-state index in [0.717, 1.165) is 31.8 Å². The third-order valence-corrected chi connectivity index (χ3v) is 4.31. The minimum atomic E-state index is 0.112. The van der Waals surface area contributed by atoms with Crippen LogP contribution in [0.15, 0.2) is 0 Å². The molecule has 1 unspecified atom stereocenters. The van der Waals surface area contributed by atoms with Gasteiger partial charge in [0.15, 0.2) is 0 Å². The molecule has 0 spiro atoms. The summed E-state index contributed by atoms with van der Waals surface area (Å²) in [5.74, 6) is 0.805. The Hall–Kier alpha value is -0.150. The van der Waals surface area contributed by atoms with Gasteiger partial charge in [-0.25, -0.2) is 0 Å². The number of hydrogen-bond donors (Lipinski definition) is 1. The van der Waals surface area contributed by atoms with Crippen molar-refractivity contribution in [3.8, 4) is 0 Å². The second-order valence-corrected chi connectivity index (χ2v) is 5.68. The normalized spacial score (nSPS) is 23.7. The SMILES string of the molecule is CCC(C)CN1CCC(C)(C(N)=S)CC1. The van der Waals surface area contributed by atoms with Gasteiger partial charge in [-0.15, -0.1) is 0 Å². The molecule has 1 heterocycles. The van der Waals surface area contributed by atoms with Gasteiger partial charge in [-0.3, -0.25) is 0 Å². The van der Waals surface area contributed by atoms with E-state index in [0.29, 0.717) is 4.99 Å². The Morgan fingerprint density at radius 2 is 2.00 bits per heavy atom. The molecule has 0 bridgehead atoms. The second-order valence-electron chi connectivity index (χ2n) is 5.24. The van der Waals surface area contributed by atoms with Gasteiger partial charge >= 0.3 is 0 Å². The maximum absolute atomic E-state index is 5.79. The Morgan fingerprint density at radius 3 is 2.40 bits per heavy atom. The number of likely N-dealkylation sites (tertiary alicyclic amines) is 1. The molecule has 2 N–H and O–H groups in total. The lowest BCUT2D eigenvalue weighted by Crippen LogP contribution is -2.45. The molecule has 1 rings (SSSR count). The monoisotopic (exact) mass is 228 g/mol. The van der Waals surface area contributed by atoms with Gasteiger partial charge < -0.3 is 10.6 Å². The van der Waals surface area contributed by atoms with Crippen LogP contribution < -0.4 is 5.73 Å². The van der Waals surface area contributed by atoms with Crippen molar-refractivity contribution < 1.29 is 0 Å². The quantitative estimate of drug-likeness (QED) is 0.749. The highest BCUT2D eigenvalue weighted by molar-refractivity contribution is 7.80. The highest BCUT2D eigenvalue weighted by Crippen LogP contribution is 2.31. The molecule has 1 saturated heterocycles. The predicted molar refractivity (Wildman–Crippen MR) is 70.0 cm³/mol. The summed E-state index contributed by atoms with van der Waals surface area (Å²) < 4.78 is 0. The molecule has 1 aliphatic heterocycles. The summed E-state index contributed by atoms with van der Waals surface area (Å²) in [6, 6.07) is 0. The van der Waals surface area contributed by atoms with Crippen molar-refractivity contribution in [1.29, 1.82) is 0 Å². The molecular formula is C12H24N2S. The largest absolute Gasteiger partial charge is 0.393 e. The van der Waals surface area contributed by atoms with E-state index < -0.39 is 0 Å². The minimum Gasteiger partial charge on any atom is -0.393 e. The van der Waals surface area contributed by atoms with E-state index in [2.05, 4.69) is 25.7 Å². The van der Waals surface area contributed by atoms with E-state index in [1.54, 1.807) is 0 Å². The van der Waals surface area contributed by atoms with E-state index in [9.17, 15) is 0 Å². The molecule has 1 fully saturated rings. The molecule has 0 aromatic heterocycles. The fourth-order valence-electron chi connectivity index (χ4n) is 2.05. The summed E-state index contributed by atoms with van der Waals surface area (Å²) in [5.41, 5.74) is 5.90. The van der Waals surface area contributed by atoms with Crippen molar-refractivity contribution in [3.05, 3.63) is 0 Å². The Morgan fingerprint density at radius 1 is 1.47 bits per heavy atom. The number of nitrogens with zero attached hydrogens (tertiary/aromatic N) is 1. The number of piperidine rings is 1. The average Bonchev–Trinajstić information content (AvgIpc) is 2.21. The first-order chi connectivity index (χ1) is 6.98. The molecule has 0 aromatic rings. The van der Waals surface area contributed by atoms with Crippen LogP contribution >= 0.6 is 12.2 Å². The van der Waals surface area contributed by atoms with Crippen LogP contribution in [0, 0.1) is 11.3 Å².